The van der Waals surface area contributed by atoms with Crippen LogP contribution in [0.5, 0.6) is 17.6 Å². The van der Waals surface area contributed by atoms with E-state index in [0.717, 1.165) is 52.4 Å². The van der Waals surface area contributed by atoms with Gasteiger partial charge in [-0.1, -0.05) is 25.8 Å². The number of methoxy groups -OCH3 is 1. The Balaban J connectivity index is 0.000000376. The normalized spacial score (nSPS) is 18.4. The molecular weight excluding hydrogens is 729 g/mol. The van der Waals surface area contributed by atoms with Crippen LogP contribution in [0.4, 0.5) is 32.6 Å². The highest BCUT2D eigenvalue weighted by Gasteiger charge is 2.45. The summed E-state index contributed by atoms with van der Waals surface area (Å²) in [6.45, 7) is 8.85. The van der Waals surface area contributed by atoms with Crippen LogP contribution in [-0.4, -0.2) is 114 Å². The number of carbonyl (C=O) groups is 1. The number of terminal acetylenes is 1. The van der Waals surface area contributed by atoms with Crippen molar-refractivity contribution in [2.75, 3.05) is 65.0 Å². The molecule has 4 aliphatic heterocycles. The summed E-state index contributed by atoms with van der Waals surface area (Å²) >= 11 is 0. The van der Waals surface area contributed by atoms with E-state index >= 15 is 4.39 Å². The fraction of sp³-hybridized carbons (Fsp3) is 0.474. The first-order valence-electron chi connectivity index (χ1n) is 18.0. The number of phenolic OH excluding ortho intramolecular Hbond substituents is 1. The predicted octanol–water partition coefficient (Wildman–Crippen LogP) is 6.22. The lowest BCUT2D eigenvalue weighted by Gasteiger charge is -2.35. The van der Waals surface area contributed by atoms with Gasteiger partial charge in [-0.25, -0.2) is 23.5 Å². The smallest absolute Gasteiger partial charge is 0.489 e. The summed E-state index contributed by atoms with van der Waals surface area (Å²) in [6, 6.07) is 5.53. The van der Waals surface area contributed by atoms with Crippen LogP contribution in [0.1, 0.15) is 45.1 Å². The van der Waals surface area contributed by atoms with Gasteiger partial charge in [-0.15, -0.1) is 19.6 Å². The molecule has 4 aromatic rings. The average Bonchev–Trinajstić information content (AvgIpc) is 3.73. The standard InChI is InChI=1S/C32H30F2N6O3.C4H6F3NO2.C2H6/c1-2-21-23(33)6-5-18-13-20(41)14-22(24(18)21)27-26(34)28-25-29(40-12-9-35-15-19(40)16-42-30(25)36-27)38-31(37-28)43-17-32-7-3-10-39(32)11-4-8-32;1-8(3(9)10-2)4(5,6)7;1-2/h1,5-6,13-14,19,35,41H,3-4,7-12,15-17H2;1-2H3;1-2H3/t19-;;/m0../s1. The van der Waals surface area contributed by atoms with E-state index in [-0.39, 0.29) is 63.6 Å². The van der Waals surface area contributed by atoms with Crippen molar-refractivity contribution in [1.82, 2.24) is 30.1 Å². The largest absolute Gasteiger partial charge is 0.508 e. The molecular formula is C38H42F5N7O5. The first kappa shape index (κ1) is 39.5. The van der Waals surface area contributed by atoms with Crippen molar-refractivity contribution in [2.24, 2.45) is 0 Å². The summed E-state index contributed by atoms with van der Waals surface area (Å²) in [5, 5.41) is 15.0. The van der Waals surface area contributed by atoms with Crippen molar-refractivity contribution in [3.63, 3.8) is 0 Å². The molecule has 0 aliphatic carbocycles. The lowest BCUT2D eigenvalue weighted by atomic mass is 9.95. The number of carbonyl (C=O) groups excluding carboxylic acids is 1. The summed E-state index contributed by atoms with van der Waals surface area (Å²) in [6.07, 6.45) is 3.96. The van der Waals surface area contributed by atoms with Crippen LogP contribution in [0.15, 0.2) is 24.3 Å². The van der Waals surface area contributed by atoms with E-state index < -0.39 is 28.9 Å². The maximum atomic E-state index is 16.8. The molecule has 12 nitrogen and oxygen atoms in total. The van der Waals surface area contributed by atoms with Crippen molar-refractivity contribution in [3.8, 4) is 41.2 Å². The summed E-state index contributed by atoms with van der Waals surface area (Å²) in [5.74, 6) is 1.53. The maximum absolute atomic E-state index is 16.8. The highest BCUT2D eigenvalue weighted by Crippen LogP contribution is 2.44. The molecule has 0 unspecified atom stereocenters. The first-order valence-corrected chi connectivity index (χ1v) is 18.0. The number of amides is 1. The number of aromatic hydroxyl groups is 1. The number of pyridine rings is 1. The zero-order valence-electron chi connectivity index (χ0n) is 30.9. The number of rotatable bonds is 4. The van der Waals surface area contributed by atoms with Gasteiger partial charge in [-0.3, -0.25) is 4.90 Å². The zero-order chi connectivity index (χ0) is 39.7. The summed E-state index contributed by atoms with van der Waals surface area (Å²) < 4.78 is 82.6. The molecule has 1 atom stereocenters. The second-order valence-electron chi connectivity index (χ2n) is 13.4. The number of nitrogens with zero attached hydrogens (tertiary/aromatic N) is 6. The number of alkyl halides is 3. The second kappa shape index (κ2) is 15.9. The van der Waals surface area contributed by atoms with Crippen molar-refractivity contribution < 1.29 is 46.1 Å². The highest BCUT2D eigenvalue weighted by atomic mass is 19.4. The van der Waals surface area contributed by atoms with Gasteiger partial charge in [0, 0.05) is 37.6 Å². The molecule has 8 rings (SSSR count). The van der Waals surface area contributed by atoms with E-state index in [2.05, 4.69) is 35.7 Å². The van der Waals surface area contributed by atoms with E-state index in [1.807, 2.05) is 13.8 Å². The minimum Gasteiger partial charge on any atom is -0.508 e. The van der Waals surface area contributed by atoms with Crippen molar-refractivity contribution >= 4 is 33.6 Å². The Kier molecular flexibility index (Phi) is 11.4. The molecule has 17 heteroatoms. The van der Waals surface area contributed by atoms with Gasteiger partial charge in [0.15, 0.2) is 5.82 Å². The molecule has 3 saturated heterocycles. The molecule has 6 heterocycles. The Morgan fingerprint density at radius 2 is 1.85 bits per heavy atom. The maximum Gasteiger partial charge on any atom is 0.489 e. The number of ether oxygens (including phenoxy) is 3. The van der Waals surface area contributed by atoms with Gasteiger partial charge in [-0.2, -0.15) is 9.97 Å². The summed E-state index contributed by atoms with van der Waals surface area (Å²) in [7, 11) is 1.47. The van der Waals surface area contributed by atoms with Gasteiger partial charge in [-0.05, 0) is 62.4 Å². The van der Waals surface area contributed by atoms with Gasteiger partial charge in [0.1, 0.15) is 47.2 Å². The molecule has 294 valence electrons. The minimum atomic E-state index is -4.66. The third kappa shape index (κ3) is 7.44. The number of anilines is 1. The molecule has 0 radical (unpaired) electrons. The molecule has 55 heavy (non-hydrogen) atoms. The Hall–Kier alpha value is -5.21. The van der Waals surface area contributed by atoms with Gasteiger partial charge < -0.3 is 29.5 Å². The van der Waals surface area contributed by atoms with E-state index in [1.54, 1.807) is 0 Å². The molecule has 4 aliphatic rings. The van der Waals surface area contributed by atoms with Gasteiger partial charge in [0.25, 0.3) is 0 Å². The topological polar surface area (TPSA) is 125 Å². The van der Waals surface area contributed by atoms with Gasteiger partial charge in [0.2, 0.25) is 5.88 Å². The number of nitrogens with one attached hydrogen (secondary N) is 1. The predicted molar refractivity (Wildman–Crippen MR) is 195 cm³/mol. The Morgan fingerprint density at radius 1 is 1.13 bits per heavy atom. The van der Waals surface area contributed by atoms with E-state index in [4.69, 9.17) is 20.9 Å². The SMILES string of the molecule is C#Cc1c(F)ccc2cc(O)cc(-c3nc4c5c(nc(OCC67CCCN6CCC7)nc5c3F)N3CCNC[C@H]3CO4)c12.CC.COC(=O)N(C)C(F)(F)F. The number of hydrogen-bond acceptors (Lipinski definition) is 11. The highest BCUT2D eigenvalue weighted by molar-refractivity contribution is 6.04. The lowest BCUT2D eigenvalue weighted by molar-refractivity contribution is -0.221. The Bertz CT molecular complexity index is 2120. The van der Waals surface area contributed by atoms with E-state index in [1.165, 1.54) is 24.3 Å². The minimum absolute atomic E-state index is 0.0125. The summed E-state index contributed by atoms with van der Waals surface area (Å²) in [4.78, 5) is 28.4. The fourth-order valence-electron chi connectivity index (χ4n) is 7.68. The lowest BCUT2D eigenvalue weighted by Crippen LogP contribution is -2.53. The number of benzene rings is 2. The van der Waals surface area contributed by atoms with Crippen LogP contribution in [-0.2, 0) is 4.74 Å². The van der Waals surface area contributed by atoms with Crippen LogP contribution >= 0.6 is 0 Å². The zero-order valence-corrected chi connectivity index (χ0v) is 30.9. The van der Waals surface area contributed by atoms with Crippen LogP contribution < -0.4 is 19.7 Å². The Labute approximate surface area is 314 Å². The van der Waals surface area contributed by atoms with E-state index in [0.29, 0.717) is 43.3 Å². The molecule has 0 bridgehead atoms. The van der Waals surface area contributed by atoms with E-state index in [9.17, 15) is 27.5 Å². The quantitative estimate of drug-likeness (QED) is 0.140. The third-order valence-corrected chi connectivity index (χ3v) is 10.3. The number of hydrogen-bond donors (Lipinski definition) is 2. The number of phenols is 1. The Morgan fingerprint density at radius 3 is 2.51 bits per heavy atom. The van der Waals surface area contributed by atoms with Gasteiger partial charge >= 0.3 is 18.4 Å². The monoisotopic (exact) mass is 771 g/mol. The average molecular weight is 772 g/mol. The second-order valence-corrected chi connectivity index (χ2v) is 13.4. The summed E-state index contributed by atoms with van der Waals surface area (Å²) in [5.41, 5.74) is -0.124. The fourth-order valence-corrected chi connectivity index (χ4v) is 7.68. The first-order chi connectivity index (χ1) is 26.3. The van der Waals surface area contributed by atoms with Crippen LogP contribution in [0.2, 0.25) is 0 Å². The number of aromatic nitrogens is 3. The number of fused-ring (bicyclic) bond motifs is 4. The van der Waals surface area contributed by atoms with Crippen molar-refractivity contribution in [1.29, 1.82) is 0 Å². The van der Waals surface area contributed by atoms with Crippen LogP contribution in [0, 0.1) is 24.0 Å². The van der Waals surface area contributed by atoms with Crippen molar-refractivity contribution in [3.05, 3.63) is 41.5 Å². The molecule has 0 saturated carbocycles. The van der Waals surface area contributed by atoms with Gasteiger partial charge in [0.05, 0.1) is 24.3 Å². The molecule has 2 aromatic carbocycles. The molecule has 1 amide bonds. The van der Waals surface area contributed by atoms with Crippen LogP contribution in [0.25, 0.3) is 32.9 Å². The van der Waals surface area contributed by atoms with Crippen LogP contribution in [0.3, 0.4) is 0 Å². The molecule has 2 aromatic heterocycles. The molecule has 3 fully saturated rings. The molecule has 2 N–H and O–H groups in total. The number of halogens is 5. The third-order valence-electron chi connectivity index (χ3n) is 10.3. The molecule has 0 spiro atoms. The number of piperazine rings is 1. The van der Waals surface area contributed by atoms with Crippen molar-refractivity contribution in [2.45, 2.75) is 57.4 Å².